The van der Waals surface area contributed by atoms with Gasteiger partial charge < -0.3 is 5.21 Å². The van der Waals surface area contributed by atoms with Crippen LogP contribution in [0.1, 0.15) is 5.56 Å². The van der Waals surface area contributed by atoms with Crippen molar-refractivity contribution in [2.45, 2.75) is 0 Å². The van der Waals surface area contributed by atoms with E-state index >= 15 is 0 Å². The van der Waals surface area contributed by atoms with Crippen LogP contribution in [0.5, 0.6) is 0 Å². The van der Waals surface area contributed by atoms with Crippen LogP contribution in [0.4, 0.5) is 5.69 Å². The lowest BCUT2D eigenvalue weighted by Crippen LogP contribution is -2.06. The summed E-state index contributed by atoms with van der Waals surface area (Å²) in [6.45, 7) is 0. The second kappa shape index (κ2) is 7.03. The zero-order valence-corrected chi connectivity index (χ0v) is 13.9. The molecule has 26 heavy (non-hydrogen) atoms. The van der Waals surface area contributed by atoms with Crippen molar-refractivity contribution < 1.29 is 4.74 Å². The summed E-state index contributed by atoms with van der Waals surface area (Å²) in [6.07, 6.45) is 3.25. The monoisotopic (exact) mass is 340 g/mol. The second-order valence-electron chi connectivity index (χ2n) is 5.75. The molecule has 3 aromatic carbocycles. The fraction of sp³-hybridized carbons (Fsp3) is 0. The van der Waals surface area contributed by atoms with Crippen LogP contribution in [0.15, 0.2) is 91.1 Å². The molecule has 0 bridgehead atoms. The number of benzene rings is 3. The van der Waals surface area contributed by atoms with E-state index in [1.807, 2.05) is 78.9 Å². The van der Waals surface area contributed by atoms with Gasteiger partial charge in [-0.15, -0.1) is 5.10 Å². The highest BCUT2D eigenvalue weighted by Crippen LogP contribution is 2.27. The fourth-order valence-electron chi connectivity index (χ4n) is 2.79. The molecule has 4 aromatic rings. The van der Waals surface area contributed by atoms with Gasteiger partial charge in [-0.3, -0.25) is 0 Å². The standard InChI is InChI=1S/C21H16N4O/c26-24(16-17-9-3-1-4-10-17)19-13-7-8-14-20(19)25-21(15-22-23-25)18-11-5-2-6-12-18/h1-16H/b24-16-. The summed E-state index contributed by atoms with van der Waals surface area (Å²) < 4.78 is 2.55. The molecule has 0 aliphatic heterocycles. The van der Waals surface area contributed by atoms with Gasteiger partial charge in [0, 0.05) is 17.2 Å². The fourth-order valence-corrected chi connectivity index (χ4v) is 2.79. The first-order valence-corrected chi connectivity index (χ1v) is 8.25. The lowest BCUT2D eigenvalue weighted by Gasteiger charge is -2.11. The zero-order valence-electron chi connectivity index (χ0n) is 13.9. The Morgan fingerprint density at radius 1 is 0.808 bits per heavy atom. The molecule has 1 heterocycles. The maximum Gasteiger partial charge on any atom is 0.242 e. The molecule has 0 aliphatic rings. The molecule has 5 heteroatoms. The third-order valence-electron chi connectivity index (χ3n) is 4.03. The number of nitrogens with zero attached hydrogens (tertiary/aromatic N) is 4. The van der Waals surface area contributed by atoms with E-state index in [2.05, 4.69) is 10.3 Å². The highest BCUT2D eigenvalue weighted by Gasteiger charge is 2.16. The molecule has 0 aliphatic carbocycles. The van der Waals surface area contributed by atoms with E-state index in [4.69, 9.17) is 0 Å². The number of para-hydroxylation sites is 2. The first-order chi connectivity index (χ1) is 12.8. The molecular weight excluding hydrogens is 324 g/mol. The third kappa shape index (κ3) is 3.10. The molecule has 0 N–H and O–H groups in total. The molecule has 4 rings (SSSR count). The average molecular weight is 340 g/mol. The maximum absolute atomic E-state index is 12.8. The van der Waals surface area contributed by atoms with E-state index in [0.717, 1.165) is 21.6 Å². The molecule has 5 nitrogen and oxygen atoms in total. The van der Waals surface area contributed by atoms with Gasteiger partial charge in [0.25, 0.3) is 0 Å². The van der Waals surface area contributed by atoms with Gasteiger partial charge in [-0.05, 0) is 18.2 Å². The van der Waals surface area contributed by atoms with E-state index in [9.17, 15) is 5.21 Å². The Balaban J connectivity index is 1.81. The third-order valence-corrected chi connectivity index (χ3v) is 4.03. The highest BCUT2D eigenvalue weighted by atomic mass is 16.5. The van der Waals surface area contributed by atoms with Crippen molar-refractivity contribution in [2.24, 2.45) is 0 Å². The molecule has 0 atom stereocenters. The molecule has 0 amide bonds. The minimum absolute atomic E-state index is 0.499. The predicted octanol–water partition coefficient (Wildman–Crippen LogP) is 4.20. The van der Waals surface area contributed by atoms with Gasteiger partial charge in [0.1, 0.15) is 5.69 Å². The van der Waals surface area contributed by atoms with Crippen LogP contribution in [0.2, 0.25) is 0 Å². The summed E-state index contributed by atoms with van der Waals surface area (Å²) in [4.78, 5) is 0. The van der Waals surface area contributed by atoms with Gasteiger partial charge in [-0.25, -0.2) is 4.68 Å². The zero-order chi connectivity index (χ0) is 17.8. The topological polar surface area (TPSA) is 56.8 Å². The van der Waals surface area contributed by atoms with Gasteiger partial charge in [0.2, 0.25) is 5.69 Å². The Morgan fingerprint density at radius 3 is 2.23 bits per heavy atom. The Labute approximate surface area is 151 Å². The number of hydrogen-bond acceptors (Lipinski definition) is 3. The van der Waals surface area contributed by atoms with Gasteiger partial charge in [-0.2, -0.15) is 4.74 Å². The van der Waals surface area contributed by atoms with Crippen LogP contribution in [-0.2, 0) is 0 Å². The minimum atomic E-state index is 0.499. The smallest absolute Gasteiger partial charge is 0.242 e. The van der Waals surface area contributed by atoms with Crippen LogP contribution in [0, 0.1) is 5.21 Å². The molecule has 0 fully saturated rings. The highest BCUT2D eigenvalue weighted by molar-refractivity contribution is 5.77. The minimum Gasteiger partial charge on any atom is -0.618 e. The van der Waals surface area contributed by atoms with Gasteiger partial charge in [-0.1, -0.05) is 65.9 Å². The lowest BCUT2D eigenvalue weighted by atomic mass is 10.1. The predicted molar refractivity (Wildman–Crippen MR) is 102 cm³/mol. The summed E-state index contributed by atoms with van der Waals surface area (Å²) in [6, 6.07) is 26.7. The molecule has 0 radical (unpaired) electrons. The number of aromatic nitrogens is 3. The van der Waals surface area contributed by atoms with Crippen LogP contribution in [0.3, 0.4) is 0 Å². The van der Waals surface area contributed by atoms with Crippen molar-refractivity contribution in [1.29, 1.82) is 0 Å². The first kappa shape index (κ1) is 15.8. The lowest BCUT2D eigenvalue weighted by molar-refractivity contribution is -0.354. The van der Waals surface area contributed by atoms with E-state index in [1.165, 1.54) is 0 Å². The molecule has 0 saturated carbocycles. The Morgan fingerprint density at radius 2 is 1.46 bits per heavy atom. The van der Waals surface area contributed by atoms with Gasteiger partial charge in [0.15, 0.2) is 6.21 Å². The van der Waals surface area contributed by atoms with Gasteiger partial charge >= 0.3 is 0 Å². The van der Waals surface area contributed by atoms with E-state index in [-0.39, 0.29) is 0 Å². The molecule has 126 valence electrons. The first-order valence-electron chi connectivity index (χ1n) is 8.25. The molecular formula is C21H16N4O. The van der Waals surface area contributed by atoms with Gasteiger partial charge in [0.05, 0.1) is 11.9 Å². The Hall–Kier alpha value is -3.73. The van der Waals surface area contributed by atoms with Crippen molar-refractivity contribution >= 4 is 11.9 Å². The van der Waals surface area contributed by atoms with Crippen molar-refractivity contribution in [3.8, 4) is 16.9 Å². The van der Waals surface area contributed by atoms with Crippen LogP contribution in [0.25, 0.3) is 16.9 Å². The van der Waals surface area contributed by atoms with Crippen LogP contribution in [-0.4, -0.2) is 25.9 Å². The van der Waals surface area contributed by atoms with E-state index in [0.29, 0.717) is 11.4 Å². The largest absolute Gasteiger partial charge is 0.618 e. The van der Waals surface area contributed by atoms with E-state index < -0.39 is 0 Å². The van der Waals surface area contributed by atoms with Crippen molar-refractivity contribution in [2.75, 3.05) is 0 Å². The summed E-state index contributed by atoms with van der Waals surface area (Å²) in [5.41, 5.74) is 3.81. The normalized spacial score (nSPS) is 11.5. The van der Waals surface area contributed by atoms with Crippen LogP contribution < -0.4 is 0 Å². The second-order valence-corrected chi connectivity index (χ2v) is 5.75. The number of hydrogen-bond donors (Lipinski definition) is 0. The quantitative estimate of drug-likeness (QED) is 0.242. The van der Waals surface area contributed by atoms with Crippen LogP contribution >= 0.6 is 0 Å². The molecule has 0 unspecified atom stereocenters. The molecule has 0 saturated heterocycles. The summed E-state index contributed by atoms with van der Waals surface area (Å²) in [7, 11) is 0. The summed E-state index contributed by atoms with van der Waals surface area (Å²) >= 11 is 0. The number of rotatable bonds is 4. The molecule has 0 spiro atoms. The van der Waals surface area contributed by atoms with Crippen molar-refractivity contribution in [3.63, 3.8) is 0 Å². The van der Waals surface area contributed by atoms with E-state index in [1.54, 1.807) is 23.2 Å². The Kier molecular flexibility index (Phi) is 4.26. The Bertz CT molecular complexity index is 1040. The SMILES string of the molecule is [O-]/[N+](=C\c1ccccc1)c1ccccc1-n1nncc1-c1ccccc1. The van der Waals surface area contributed by atoms with Crippen molar-refractivity contribution in [1.82, 2.24) is 15.0 Å². The summed E-state index contributed by atoms with van der Waals surface area (Å²) in [5.74, 6) is 0. The molecule has 1 aromatic heterocycles. The summed E-state index contributed by atoms with van der Waals surface area (Å²) in [5, 5.41) is 21.0. The maximum atomic E-state index is 12.8. The average Bonchev–Trinajstić information content (AvgIpc) is 3.19. The van der Waals surface area contributed by atoms with Crippen molar-refractivity contribution in [3.05, 3.63) is 102 Å².